The number of hydrogen-bond acceptors (Lipinski definition) is 4. The molecule has 3 nitrogen and oxygen atoms in total. The van der Waals surface area contributed by atoms with Crippen LogP contribution in [0, 0.1) is 0 Å². The van der Waals surface area contributed by atoms with Gasteiger partial charge in [-0.2, -0.15) is 0 Å². The molecular weight excluding hydrogens is 220 g/mol. The van der Waals surface area contributed by atoms with Gasteiger partial charge in [-0.15, -0.1) is 0 Å². The lowest BCUT2D eigenvalue weighted by atomic mass is 9.95. The molecule has 0 N–H and O–H groups in total. The highest BCUT2D eigenvalue weighted by Gasteiger charge is 2.20. The maximum atomic E-state index is 11.2. The second-order valence-corrected chi connectivity index (χ2v) is 5.48. The number of Topliss-reactive ketones (excluding diaryl/α,β-unsaturated/α-hetero) is 1. The summed E-state index contributed by atoms with van der Waals surface area (Å²) in [6.45, 7) is 1.60. The average Bonchev–Trinajstić information content (AvgIpc) is 2.78. The average molecular weight is 238 g/mol. The van der Waals surface area contributed by atoms with Gasteiger partial charge in [0.1, 0.15) is 0 Å². The molecule has 1 aliphatic rings. The van der Waals surface area contributed by atoms with Gasteiger partial charge in [0.25, 0.3) is 0 Å². The van der Waals surface area contributed by atoms with Crippen molar-refractivity contribution in [2.45, 2.75) is 45.1 Å². The van der Waals surface area contributed by atoms with E-state index in [1.807, 2.05) is 0 Å². The third-order valence-corrected chi connectivity index (χ3v) is 4.45. The molecule has 88 valence electrons. The van der Waals surface area contributed by atoms with Gasteiger partial charge in [0.05, 0.1) is 11.1 Å². The SMILES string of the molecule is CC(=O)c1cnc(N(C)C2CCCCC2)s1. The molecule has 1 heterocycles. The fraction of sp³-hybridized carbons (Fsp3) is 0.667. The highest BCUT2D eigenvalue weighted by Crippen LogP contribution is 2.29. The summed E-state index contributed by atoms with van der Waals surface area (Å²) in [7, 11) is 2.10. The zero-order chi connectivity index (χ0) is 11.5. The highest BCUT2D eigenvalue weighted by molar-refractivity contribution is 7.17. The number of rotatable bonds is 3. The number of anilines is 1. The van der Waals surface area contributed by atoms with Crippen LogP contribution in [0.4, 0.5) is 5.13 Å². The number of nitrogens with zero attached hydrogens (tertiary/aromatic N) is 2. The third kappa shape index (κ3) is 2.43. The molecule has 0 unspecified atom stereocenters. The maximum Gasteiger partial charge on any atom is 0.185 e. The molecule has 2 rings (SSSR count). The molecule has 0 aromatic carbocycles. The zero-order valence-electron chi connectivity index (χ0n) is 9.90. The van der Waals surface area contributed by atoms with E-state index in [2.05, 4.69) is 16.9 Å². The van der Waals surface area contributed by atoms with Gasteiger partial charge in [0.2, 0.25) is 0 Å². The van der Waals surface area contributed by atoms with Crippen LogP contribution in [0.1, 0.15) is 48.7 Å². The van der Waals surface area contributed by atoms with Gasteiger partial charge >= 0.3 is 0 Å². The second-order valence-electron chi connectivity index (χ2n) is 4.47. The van der Waals surface area contributed by atoms with Crippen LogP contribution in [0.15, 0.2) is 6.20 Å². The van der Waals surface area contributed by atoms with Crippen LogP contribution < -0.4 is 4.90 Å². The summed E-state index contributed by atoms with van der Waals surface area (Å²) < 4.78 is 0. The van der Waals surface area contributed by atoms with Crippen LogP contribution in [0.3, 0.4) is 0 Å². The summed E-state index contributed by atoms with van der Waals surface area (Å²) in [6, 6.07) is 0.611. The Bertz CT molecular complexity index is 369. The van der Waals surface area contributed by atoms with E-state index in [1.165, 1.54) is 43.4 Å². The van der Waals surface area contributed by atoms with Gasteiger partial charge in [-0.1, -0.05) is 30.6 Å². The summed E-state index contributed by atoms with van der Waals surface area (Å²) in [6.07, 6.45) is 8.21. The predicted molar refractivity (Wildman–Crippen MR) is 67.4 cm³/mol. The van der Waals surface area contributed by atoms with E-state index in [9.17, 15) is 4.79 Å². The lowest BCUT2D eigenvalue weighted by Crippen LogP contribution is -2.33. The summed E-state index contributed by atoms with van der Waals surface area (Å²) >= 11 is 1.51. The normalized spacial score (nSPS) is 17.4. The monoisotopic (exact) mass is 238 g/mol. The zero-order valence-corrected chi connectivity index (χ0v) is 10.7. The van der Waals surface area contributed by atoms with Crippen molar-refractivity contribution in [2.24, 2.45) is 0 Å². The lowest BCUT2D eigenvalue weighted by Gasteiger charge is -2.30. The Hall–Kier alpha value is -0.900. The van der Waals surface area contributed by atoms with Crippen LogP contribution in [0.25, 0.3) is 0 Å². The van der Waals surface area contributed by atoms with E-state index in [-0.39, 0.29) is 5.78 Å². The van der Waals surface area contributed by atoms with Gasteiger partial charge in [-0.05, 0) is 12.8 Å². The second kappa shape index (κ2) is 4.95. The van der Waals surface area contributed by atoms with Crippen molar-refractivity contribution in [1.29, 1.82) is 0 Å². The van der Waals surface area contributed by atoms with Gasteiger partial charge < -0.3 is 4.90 Å². The van der Waals surface area contributed by atoms with E-state index in [4.69, 9.17) is 0 Å². The Kier molecular flexibility index (Phi) is 3.59. The van der Waals surface area contributed by atoms with Crippen LogP contribution in [-0.2, 0) is 0 Å². The molecule has 1 aromatic rings. The fourth-order valence-corrected chi connectivity index (χ4v) is 3.06. The van der Waals surface area contributed by atoms with Gasteiger partial charge in [0.15, 0.2) is 10.9 Å². The Morgan fingerprint density at radius 1 is 1.44 bits per heavy atom. The largest absolute Gasteiger partial charge is 0.348 e. The molecule has 0 radical (unpaired) electrons. The molecular formula is C12H18N2OS. The molecule has 16 heavy (non-hydrogen) atoms. The van der Waals surface area contributed by atoms with E-state index in [1.54, 1.807) is 13.1 Å². The molecule has 0 aliphatic heterocycles. The molecule has 1 aliphatic carbocycles. The van der Waals surface area contributed by atoms with Crippen molar-refractivity contribution in [1.82, 2.24) is 4.98 Å². The van der Waals surface area contributed by atoms with E-state index < -0.39 is 0 Å². The number of carbonyl (C=O) groups excluding carboxylic acids is 1. The standard InChI is InChI=1S/C12H18N2OS/c1-9(15)11-8-13-12(16-11)14(2)10-6-4-3-5-7-10/h8,10H,3-7H2,1-2H3. The smallest absolute Gasteiger partial charge is 0.185 e. The van der Waals surface area contributed by atoms with E-state index in [0.29, 0.717) is 6.04 Å². The van der Waals surface area contributed by atoms with Crippen LogP contribution in [0.5, 0.6) is 0 Å². The molecule has 0 atom stereocenters. The molecule has 1 fully saturated rings. The molecule has 4 heteroatoms. The van der Waals surface area contributed by atoms with Gasteiger partial charge in [0, 0.05) is 20.0 Å². The Labute approximate surface area is 100 Å². The molecule has 0 amide bonds. The minimum absolute atomic E-state index is 0.112. The van der Waals surface area contributed by atoms with Gasteiger partial charge in [-0.3, -0.25) is 4.79 Å². The number of ketones is 1. The quantitative estimate of drug-likeness (QED) is 0.759. The summed E-state index contributed by atoms with van der Waals surface area (Å²) in [5.74, 6) is 0.112. The number of thiazole rings is 1. The Morgan fingerprint density at radius 2 is 2.12 bits per heavy atom. The number of hydrogen-bond donors (Lipinski definition) is 0. The molecule has 0 spiro atoms. The molecule has 1 saturated carbocycles. The van der Waals surface area contributed by atoms with Crippen LogP contribution in [-0.4, -0.2) is 23.9 Å². The molecule has 0 saturated heterocycles. The summed E-state index contributed by atoms with van der Waals surface area (Å²) in [5.41, 5.74) is 0. The summed E-state index contributed by atoms with van der Waals surface area (Å²) in [5, 5.41) is 0.983. The number of aromatic nitrogens is 1. The predicted octanol–water partition coefficient (Wildman–Crippen LogP) is 3.11. The van der Waals surface area contributed by atoms with Crippen molar-refractivity contribution in [3.05, 3.63) is 11.1 Å². The van der Waals surface area contributed by atoms with E-state index >= 15 is 0 Å². The van der Waals surface area contributed by atoms with Gasteiger partial charge in [-0.25, -0.2) is 4.98 Å². The first-order valence-corrected chi connectivity index (χ1v) is 6.69. The minimum Gasteiger partial charge on any atom is -0.348 e. The van der Waals surface area contributed by atoms with Crippen molar-refractivity contribution in [3.63, 3.8) is 0 Å². The number of carbonyl (C=O) groups is 1. The molecule has 0 bridgehead atoms. The maximum absolute atomic E-state index is 11.2. The Morgan fingerprint density at radius 3 is 2.69 bits per heavy atom. The lowest BCUT2D eigenvalue weighted by molar-refractivity contribution is 0.102. The Balaban J connectivity index is 2.07. The first-order valence-electron chi connectivity index (χ1n) is 5.88. The summed E-state index contributed by atoms with van der Waals surface area (Å²) in [4.78, 5) is 18.6. The topological polar surface area (TPSA) is 33.2 Å². The van der Waals surface area contributed by atoms with Crippen molar-refractivity contribution in [3.8, 4) is 0 Å². The minimum atomic E-state index is 0.112. The van der Waals surface area contributed by atoms with Crippen LogP contribution in [0.2, 0.25) is 0 Å². The first-order chi connectivity index (χ1) is 7.68. The van der Waals surface area contributed by atoms with Crippen molar-refractivity contribution < 1.29 is 4.79 Å². The van der Waals surface area contributed by atoms with Crippen LogP contribution >= 0.6 is 11.3 Å². The highest BCUT2D eigenvalue weighted by atomic mass is 32.1. The van der Waals surface area contributed by atoms with Crippen molar-refractivity contribution >= 4 is 22.3 Å². The first kappa shape index (κ1) is 11.6. The fourth-order valence-electron chi connectivity index (χ4n) is 2.22. The molecule has 1 aromatic heterocycles. The third-order valence-electron chi connectivity index (χ3n) is 3.26. The van der Waals surface area contributed by atoms with E-state index in [0.717, 1.165) is 10.0 Å². The van der Waals surface area contributed by atoms with Crippen molar-refractivity contribution in [2.75, 3.05) is 11.9 Å².